The molecular weight excluding hydrogens is 306 g/mol. The van der Waals surface area contributed by atoms with Crippen LogP contribution in [0.1, 0.15) is 36.1 Å². The molecule has 1 unspecified atom stereocenters. The van der Waals surface area contributed by atoms with E-state index in [1.165, 1.54) is 0 Å². The Morgan fingerprint density at radius 1 is 1.25 bits per heavy atom. The molecule has 7 heteroatoms. The van der Waals surface area contributed by atoms with Crippen molar-refractivity contribution in [1.82, 2.24) is 15.6 Å². The van der Waals surface area contributed by atoms with Gasteiger partial charge < -0.3 is 9.32 Å². The van der Waals surface area contributed by atoms with E-state index in [-0.39, 0.29) is 5.91 Å². The maximum absolute atomic E-state index is 12.0. The number of nitrogens with zero attached hydrogens (tertiary/aromatic N) is 4. The molecule has 2 aromatic rings. The first kappa shape index (κ1) is 14.6. The summed E-state index contributed by atoms with van der Waals surface area (Å²) in [7, 11) is 0. The van der Waals surface area contributed by atoms with Gasteiger partial charge in [-0.1, -0.05) is 18.2 Å². The maximum Gasteiger partial charge on any atom is 0.253 e. The highest BCUT2D eigenvalue weighted by Crippen LogP contribution is 2.26. The fourth-order valence-corrected chi connectivity index (χ4v) is 2.92. The topological polar surface area (TPSA) is 83.6 Å². The molecule has 0 fully saturated rings. The number of hydrogen-bond acceptors (Lipinski definition) is 6. The van der Waals surface area contributed by atoms with Crippen LogP contribution in [0, 0.1) is 6.92 Å². The fraction of sp³-hybridized carbons (Fsp3) is 0.294. The van der Waals surface area contributed by atoms with Crippen LogP contribution in [-0.4, -0.2) is 28.4 Å². The number of nitrogens with one attached hydrogen (secondary N) is 1. The van der Waals surface area contributed by atoms with Gasteiger partial charge in [0.05, 0.1) is 5.71 Å². The van der Waals surface area contributed by atoms with Crippen LogP contribution in [-0.2, 0) is 4.79 Å². The number of anilines is 1. The smallest absolute Gasteiger partial charge is 0.253 e. The summed E-state index contributed by atoms with van der Waals surface area (Å²) in [5.74, 6) is 0.0576. The lowest BCUT2D eigenvalue weighted by molar-refractivity contribution is -0.123. The minimum absolute atomic E-state index is 0.221. The quantitative estimate of drug-likeness (QED) is 0.935. The summed E-state index contributed by atoms with van der Waals surface area (Å²) in [5.41, 5.74) is 5.49. The Kier molecular flexibility index (Phi) is 3.60. The molecule has 4 rings (SSSR count). The molecular formula is C17H17N5O2. The minimum atomic E-state index is -0.500. The van der Waals surface area contributed by atoms with E-state index in [9.17, 15) is 4.79 Å². The molecule has 24 heavy (non-hydrogen) atoms. The molecule has 0 aliphatic carbocycles. The SMILES string of the molecule is Cc1nnc(C2CC(c3ccc(N4C=CCC4)cc3)=NNC2=O)o1. The average molecular weight is 323 g/mol. The van der Waals surface area contributed by atoms with Gasteiger partial charge in [0.25, 0.3) is 5.91 Å². The molecule has 1 amide bonds. The highest BCUT2D eigenvalue weighted by atomic mass is 16.4. The molecule has 0 radical (unpaired) electrons. The predicted molar refractivity (Wildman–Crippen MR) is 88.6 cm³/mol. The first-order chi connectivity index (χ1) is 11.7. The maximum atomic E-state index is 12.0. The van der Waals surface area contributed by atoms with Crippen molar-refractivity contribution in [2.24, 2.45) is 5.10 Å². The van der Waals surface area contributed by atoms with Gasteiger partial charge in [-0.2, -0.15) is 5.10 Å². The molecule has 1 atom stereocenters. The summed E-state index contributed by atoms with van der Waals surface area (Å²) >= 11 is 0. The van der Waals surface area contributed by atoms with Crippen molar-refractivity contribution in [3.63, 3.8) is 0 Å². The van der Waals surface area contributed by atoms with Crippen LogP contribution < -0.4 is 10.3 Å². The normalized spacial score (nSPS) is 20.2. The van der Waals surface area contributed by atoms with Gasteiger partial charge in [0.2, 0.25) is 11.8 Å². The number of rotatable bonds is 3. The summed E-state index contributed by atoms with van der Waals surface area (Å²) in [6.07, 6.45) is 5.77. The van der Waals surface area contributed by atoms with E-state index < -0.39 is 5.92 Å². The predicted octanol–water partition coefficient (Wildman–Crippen LogP) is 2.11. The second-order valence-corrected chi connectivity index (χ2v) is 5.86. The molecule has 1 aromatic heterocycles. The molecule has 7 nitrogen and oxygen atoms in total. The molecule has 3 heterocycles. The zero-order valence-corrected chi connectivity index (χ0v) is 13.3. The van der Waals surface area contributed by atoms with Gasteiger partial charge in [0.1, 0.15) is 5.92 Å². The molecule has 0 saturated heterocycles. The van der Waals surface area contributed by atoms with Crippen LogP contribution in [0.3, 0.4) is 0 Å². The van der Waals surface area contributed by atoms with Crippen molar-refractivity contribution in [3.8, 4) is 0 Å². The lowest BCUT2D eigenvalue weighted by Gasteiger charge is -2.20. The number of hydrogen-bond donors (Lipinski definition) is 1. The third-order valence-corrected chi connectivity index (χ3v) is 4.21. The standard InChI is InChI=1S/C17H17N5O2/c1-11-18-21-17(24-11)14-10-15(19-20-16(14)23)12-4-6-13(7-5-12)22-8-2-3-9-22/h2,4-8,14H,3,9-10H2,1H3,(H,20,23). The van der Waals surface area contributed by atoms with Crippen LogP contribution in [0.15, 0.2) is 46.1 Å². The summed E-state index contributed by atoms with van der Waals surface area (Å²) in [6, 6.07) is 8.17. The van der Waals surface area contributed by atoms with E-state index in [0.717, 1.165) is 29.9 Å². The second-order valence-electron chi connectivity index (χ2n) is 5.86. The third kappa shape index (κ3) is 2.68. The van der Waals surface area contributed by atoms with E-state index in [2.05, 4.69) is 50.0 Å². The van der Waals surface area contributed by atoms with Crippen LogP contribution >= 0.6 is 0 Å². The van der Waals surface area contributed by atoms with Crippen LogP contribution in [0.5, 0.6) is 0 Å². The summed E-state index contributed by atoms with van der Waals surface area (Å²) in [4.78, 5) is 14.3. The van der Waals surface area contributed by atoms with Crippen LogP contribution in [0.4, 0.5) is 5.69 Å². The van der Waals surface area contributed by atoms with Gasteiger partial charge in [-0.15, -0.1) is 10.2 Å². The Labute approximate surface area is 139 Å². The van der Waals surface area contributed by atoms with Crippen molar-refractivity contribution in [3.05, 3.63) is 53.9 Å². The highest BCUT2D eigenvalue weighted by Gasteiger charge is 2.31. The summed E-state index contributed by atoms with van der Waals surface area (Å²) < 4.78 is 5.41. The first-order valence-electron chi connectivity index (χ1n) is 7.91. The van der Waals surface area contributed by atoms with E-state index in [0.29, 0.717) is 18.2 Å². The Morgan fingerprint density at radius 3 is 2.75 bits per heavy atom. The van der Waals surface area contributed by atoms with Crippen LogP contribution in [0.2, 0.25) is 0 Å². The summed E-state index contributed by atoms with van der Waals surface area (Å²) in [5, 5.41) is 12.0. The highest BCUT2D eigenvalue weighted by molar-refractivity contribution is 6.06. The molecule has 2 aliphatic rings. The lowest BCUT2D eigenvalue weighted by Crippen LogP contribution is -2.33. The van der Waals surface area contributed by atoms with Crippen LogP contribution in [0.25, 0.3) is 0 Å². The fourth-order valence-electron chi connectivity index (χ4n) is 2.92. The van der Waals surface area contributed by atoms with Crippen molar-refractivity contribution >= 4 is 17.3 Å². The van der Waals surface area contributed by atoms with Crippen molar-refractivity contribution in [1.29, 1.82) is 0 Å². The number of aryl methyl sites for hydroxylation is 1. The lowest BCUT2D eigenvalue weighted by atomic mass is 9.95. The number of carbonyl (C=O) groups is 1. The number of benzene rings is 1. The van der Waals surface area contributed by atoms with E-state index in [1.807, 2.05) is 12.1 Å². The Balaban J connectivity index is 1.55. The second kappa shape index (κ2) is 5.92. The average Bonchev–Trinajstić information content (AvgIpc) is 3.27. The molecule has 2 aliphatic heterocycles. The molecule has 0 saturated carbocycles. The van der Waals surface area contributed by atoms with E-state index in [1.54, 1.807) is 6.92 Å². The zero-order chi connectivity index (χ0) is 16.5. The number of hydrazone groups is 1. The molecule has 0 spiro atoms. The molecule has 0 bridgehead atoms. The molecule has 1 aromatic carbocycles. The van der Waals surface area contributed by atoms with Gasteiger partial charge >= 0.3 is 0 Å². The van der Waals surface area contributed by atoms with Crippen molar-refractivity contribution in [2.75, 3.05) is 11.4 Å². The van der Waals surface area contributed by atoms with Gasteiger partial charge in [0.15, 0.2) is 0 Å². The van der Waals surface area contributed by atoms with E-state index >= 15 is 0 Å². The largest absolute Gasteiger partial charge is 0.425 e. The van der Waals surface area contributed by atoms with Gasteiger partial charge in [0, 0.05) is 31.8 Å². The zero-order valence-electron chi connectivity index (χ0n) is 13.3. The number of aromatic nitrogens is 2. The monoisotopic (exact) mass is 323 g/mol. The summed E-state index contributed by atoms with van der Waals surface area (Å²) in [6.45, 7) is 2.71. The number of amides is 1. The van der Waals surface area contributed by atoms with Crippen molar-refractivity contribution < 1.29 is 9.21 Å². The Bertz CT molecular complexity index is 822. The Morgan fingerprint density at radius 2 is 2.08 bits per heavy atom. The van der Waals surface area contributed by atoms with Gasteiger partial charge in [-0.25, -0.2) is 5.43 Å². The van der Waals surface area contributed by atoms with E-state index in [4.69, 9.17) is 4.42 Å². The first-order valence-corrected chi connectivity index (χ1v) is 7.91. The minimum Gasteiger partial charge on any atom is -0.425 e. The molecule has 1 N–H and O–H groups in total. The third-order valence-electron chi connectivity index (χ3n) is 4.21. The van der Waals surface area contributed by atoms with Crippen molar-refractivity contribution in [2.45, 2.75) is 25.7 Å². The number of carbonyl (C=O) groups excluding carboxylic acids is 1. The Hall–Kier alpha value is -2.96. The van der Waals surface area contributed by atoms with Gasteiger partial charge in [-0.05, 0) is 24.1 Å². The van der Waals surface area contributed by atoms with Gasteiger partial charge in [-0.3, -0.25) is 4.79 Å². The molecule has 122 valence electrons.